The molecule has 0 aliphatic rings. The molecule has 0 atom stereocenters. The molecule has 5 nitrogen and oxygen atoms in total. The number of amides is 1. The van der Waals surface area contributed by atoms with Crippen LogP contribution >= 0.6 is 11.3 Å². The molecule has 4 aromatic rings. The number of nitrogens with zero attached hydrogens (tertiary/aromatic N) is 3. The normalized spacial score (nSPS) is 10.4. The second kappa shape index (κ2) is 7.91. The summed E-state index contributed by atoms with van der Waals surface area (Å²) in [5, 5.41) is 18.4. The molecule has 2 heterocycles. The maximum absolute atomic E-state index is 12.9. The molecular formula is C22H16N4OS. The number of carbonyl (C=O) groups excluding carboxylic acids is 1. The molecule has 0 bridgehead atoms. The standard InChI is InChI=1S/C22H16N4OS/c23-13-16-8-10-18(11-9-16)24-22(27)19-15-26(14-17-5-2-1-3-6-17)25-21(19)20-7-4-12-28-20/h1-12,15H,14H2,(H,24,27). The van der Waals surface area contributed by atoms with E-state index in [0.29, 0.717) is 29.1 Å². The first-order valence-corrected chi connectivity index (χ1v) is 9.57. The average Bonchev–Trinajstić information content (AvgIpc) is 3.39. The lowest BCUT2D eigenvalue weighted by Crippen LogP contribution is -2.12. The molecule has 2 aromatic carbocycles. The van der Waals surface area contributed by atoms with Crippen molar-refractivity contribution in [1.82, 2.24) is 9.78 Å². The van der Waals surface area contributed by atoms with Crippen LogP contribution in [0.5, 0.6) is 0 Å². The van der Waals surface area contributed by atoms with Crippen LogP contribution in [-0.4, -0.2) is 15.7 Å². The lowest BCUT2D eigenvalue weighted by molar-refractivity contribution is 0.102. The number of hydrogen-bond donors (Lipinski definition) is 1. The van der Waals surface area contributed by atoms with Crippen molar-refractivity contribution in [3.63, 3.8) is 0 Å². The summed E-state index contributed by atoms with van der Waals surface area (Å²) >= 11 is 1.55. The summed E-state index contributed by atoms with van der Waals surface area (Å²) in [7, 11) is 0. The van der Waals surface area contributed by atoms with Crippen LogP contribution < -0.4 is 5.32 Å². The topological polar surface area (TPSA) is 70.7 Å². The van der Waals surface area contributed by atoms with E-state index >= 15 is 0 Å². The molecule has 0 unspecified atom stereocenters. The Labute approximate surface area is 166 Å². The quantitative estimate of drug-likeness (QED) is 0.538. The van der Waals surface area contributed by atoms with Gasteiger partial charge < -0.3 is 5.32 Å². The molecule has 0 aliphatic heterocycles. The number of nitrogens with one attached hydrogen (secondary N) is 1. The Bertz CT molecular complexity index is 1120. The Hall–Kier alpha value is -3.69. The smallest absolute Gasteiger partial charge is 0.259 e. The van der Waals surface area contributed by atoms with E-state index < -0.39 is 0 Å². The van der Waals surface area contributed by atoms with Crippen molar-refractivity contribution in [3.8, 4) is 16.6 Å². The minimum atomic E-state index is -0.229. The molecule has 2 aromatic heterocycles. The number of aromatic nitrogens is 2. The first kappa shape index (κ1) is 17.7. The van der Waals surface area contributed by atoms with Gasteiger partial charge in [0.25, 0.3) is 5.91 Å². The predicted molar refractivity (Wildman–Crippen MR) is 110 cm³/mol. The SMILES string of the molecule is N#Cc1ccc(NC(=O)c2cn(Cc3ccccc3)nc2-c2cccs2)cc1. The summed E-state index contributed by atoms with van der Waals surface area (Å²) in [4.78, 5) is 13.9. The van der Waals surface area contributed by atoms with Gasteiger partial charge in [-0.15, -0.1) is 11.3 Å². The van der Waals surface area contributed by atoms with Gasteiger partial charge in [0.15, 0.2) is 0 Å². The molecule has 1 amide bonds. The summed E-state index contributed by atoms with van der Waals surface area (Å²) in [6.07, 6.45) is 1.78. The van der Waals surface area contributed by atoms with Crippen molar-refractivity contribution in [2.75, 3.05) is 5.32 Å². The highest BCUT2D eigenvalue weighted by molar-refractivity contribution is 7.13. The molecular weight excluding hydrogens is 368 g/mol. The van der Waals surface area contributed by atoms with E-state index in [1.807, 2.05) is 47.8 Å². The molecule has 0 radical (unpaired) electrons. The van der Waals surface area contributed by atoms with Crippen molar-refractivity contribution < 1.29 is 4.79 Å². The van der Waals surface area contributed by atoms with E-state index in [-0.39, 0.29) is 5.91 Å². The minimum Gasteiger partial charge on any atom is -0.322 e. The number of benzene rings is 2. The molecule has 136 valence electrons. The van der Waals surface area contributed by atoms with Crippen LogP contribution in [-0.2, 0) is 6.54 Å². The number of nitriles is 1. The van der Waals surface area contributed by atoms with Crippen molar-refractivity contribution in [2.45, 2.75) is 6.54 Å². The van der Waals surface area contributed by atoms with Crippen LogP contribution in [0.4, 0.5) is 5.69 Å². The predicted octanol–water partition coefficient (Wildman–Crippen LogP) is 4.78. The largest absolute Gasteiger partial charge is 0.322 e. The van der Waals surface area contributed by atoms with Gasteiger partial charge in [0, 0.05) is 11.9 Å². The van der Waals surface area contributed by atoms with Crippen LogP contribution in [0, 0.1) is 11.3 Å². The molecule has 0 saturated carbocycles. The van der Waals surface area contributed by atoms with Crippen LogP contribution in [0.1, 0.15) is 21.5 Å². The molecule has 28 heavy (non-hydrogen) atoms. The van der Waals surface area contributed by atoms with Crippen molar-refractivity contribution >= 4 is 22.9 Å². The monoisotopic (exact) mass is 384 g/mol. The van der Waals surface area contributed by atoms with Crippen LogP contribution in [0.3, 0.4) is 0 Å². The van der Waals surface area contributed by atoms with Gasteiger partial charge in [-0.1, -0.05) is 36.4 Å². The zero-order chi connectivity index (χ0) is 19.3. The fourth-order valence-corrected chi connectivity index (χ4v) is 3.58. The van der Waals surface area contributed by atoms with Gasteiger partial charge in [0.05, 0.1) is 28.6 Å². The highest BCUT2D eigenvalue weighted by Crippen LogP contribution is 2.27. The van der Waals surface area contributed by atoms with E-state index in [4.69, 9.17) is 5.26 Å². The first-order valence-electron chi connectivity index (χ1n) is 8.70. The van der Waals surface area contributed by atoms with E-state index in [9.17, 15) is 4.79 Å². The zero-order valence-electron chi connectivity index (χ0n) is 14.9. The summed E-state index contributed by atoms with van der Waals surface area (Å²) in [5.41, 5.74) is 3.48. The van der Waals surface area contributed by atoms with Crippen LogP contribution in [0.2, 0.25) is 0 Å². The molecule has 0 aliphatic carbocycles. The third-order valence-corrected chi connectivity index (χ3v) is 5.10. The van der Waals surface area contributed by atoms with Gasteiger partial charge in [-0.2, -0.15) is 10.4 Å². The summed E-state index contributed by atoms with van der Waals surface area (Å²) in [6.45, 7) is 0.587. The van der Waals surface area contributed by atoms with Crippen LogP contribution in [0.25, 0.3) is 10.6 Å². The molecule has 0 fully saturated rings. The summed E-state index contributed by atoms with van der Waals surface area (Å²) in [6, 6.07) is 22.8. The van der Waals surface area contributed by atoms with E-state index in [0.717, 1.165) is 10.4 Å². The lowest BCUT2D eigenvalue weighted by atomic mass is 10.2. The third-order valence-electron chi connectivity index (χ3n) is 4.22. The van der Waals surface area contributed by atoms with Crippen LogP contribution in [0.15, 0.2) is 78.3 Å². The van der Waals surface area contributed by atoms with Gasteiger partial charge in [0.2, 0.25) is 0 Å². The molecule has 6 heteroatoms. The van der Waals surface area contributed by atoms with Crippen molar-refractivity contribution in [3.05, 3.63) is 95.0 Å². The Morgan fingerprint density at radius 2 is 1.86 bits per heavy atom. The summed E-state index contributed by atoms with van der Waals surface area (Å²) < 4.78 is 1.79. The molecule has 0 spiro atoms. The average molecular weight is 384 g/mol. The Balaban J connectivity index is 1.64. The Morgan fingerprint density at radius 1 is 1.07 bits per heavy atom. The number of thiophene rings is 1. The maximum Gasteiger partial charge on any atom is 0.259 e. The third kappa shape index (κ3) is 3.85. The van der Waals surface area contributed by atoms with E-state index in [1.165, 1.54) is 0 Å². The highest BCUT2D eigenvalue weighted by Gasteiger charge is 2.19. The number of anilines is 1. The van der Waals surface area contributed by atoms with Gasteiger partial charge in [-0.3, -0.25) is 9.48 Å². The first-order chi connectivity index (χ1) is 13.7. The van der Waals surface area contributed by atoms with Gasteiger partial charge in [-0.05, 0) is 41.3 Å². The van der Waals surface area contributed by atoms with E-state index in [2.05, 4.69) is 16.5 Å². The van der Waals surface area contributed by atoms with Crippen molar-refractivity contribution in [1.29, 1.82) is 5.26 Å². The Kier molecular flexibility index (Phi) is 5.00. The van der Waals surface area contributed by atoms with Gasteiger partial charge in [-0.25, -0.2) is 0 Å². The van der Waals surface area contributed by atoms with Gasteiger partial charge in [0.1, 0.15) is 5.69 Å². The molecule has 4 rings (SSSR count). The maximum atomic E-state index is 12.9. The minimum absolute atomic E-state index is 0.229. The van der Waals surface area contributed by atoms with Gasteiger partial charge >= 0.3 is 0 Å². The fourth-order valence-electron chi connectivity index (χ4n) is 2.86. The summed E-state index contributed by atoms with van der Waals surface area (Å²) in [5.74, 6) is -0.229. The second-order valence-corrected chi connectivity index (χ2v) is 7.14. The van der Waals surface area contributed by atoms with E-state index in [1.54, 1.807) is 46.5 Å². The number of carbonyl (C=O) groups is 1. The lowest BCUT2D eigenvalue weighted by Gasteiger charge is -2.04. The number of hydrogen-bond acceptors (Lipinski definition) is 4. The zero-order valence-corrected chi connectivity index (χ0v) is 15.7. The second-order valence-electron chi connectivity index (χ2n) is 6.20. The fraction of sp³-hybridized carbons (Fsp3) is 0.0455. The molecule has 1 N–H and O–H groups in total. The highest BCUT2D eigenvalue weighted by atomic mass is 32.1. The molecule has 0 saturated heterocycles. The Morgan fingerprint density at radius 3 is 2.54 bits per heavy atom. The van der Waals surface area contributed by atoms with Crippen molar-refractivity contribution in [2.24, 2.45) is 0 Å². The number of rotatable bonds is 5.